The highest BCUT2D eigenvalue weighted by Gasteiger charge is 2.27. The fraction of sp³-hybridized carbons (Fsp3) is 0.0625. The molecule has 0 saturated heterocycles. The van der Waals surface area contributed by atoms with Gasteiger partial charge in [0.15, 0.2) is 17.3 Å². The van der Waals surface area contributed by atoms with Crippen molar-refractivity contribution in [1.82, 2.24) is 0 Å². The number of phenolic OH excluding ortho intramolecular Hbond substituents is 2. The van der Waals surface area contributed by atoms with E-state index in [0.29, 0.717) is 22.6 Å². The Morgan fingerprint density at radius 3 is 2.67 bits per heavy atom. The minimum atomic E-state index is -0.309. The quantitative estimate of drug-likeness (QED) is 0.829. The maximum absolute atomic E-state index is 12.2. The molecule has 21 heavy (non-hydrogen) atoms. The number of hydrogen-bond acceptors (Lipinski definition) is 5. The molecular weight excluding hydrogens is 272 g/mol. The van der Waals surface area contributed by atoms with Gasteiger partial charge in [0, 0.05) is 0 Å². The van der Waals surface area contributed by atoms with E-state index < -0.39 is 0 Å². The summed E-state index contributed by atoms with van der Waals surface area (Å²) in [4.78, 5) is 12.2. The molecule has 0 saturated carbocycles. The van der Waals surface area contributed by atoms with Crippen molar-refractivity contribution in [3.63, 3.8) is 0 Å². The van der Waals surface area contributed by atoms with Crippen LogP contribution in [0.5, 0.6) is 23.0 Å². The van der Waals surface area contributed by atoms with Crippen molar-refractivity contribution < 1.29 is 24.5 Å². The molecule has 0 unspecified atom stereocenters. The summed E-state index contributed by atoms with van der Waals surface area (Å²) in [6, 6.07) is 9.12. The lowest BCUT2D eigenvalue weighted by Crippen LogP contribution is -1.98. The first kappa shape index (κ1) is 13.1. The van der Waals surface area contributed by atoms with Crippen molar-refractivity contribution in [2.45, 2.75) is 0 Å². The minimum absolute atomic E-state index is 0.00837. The number of rotatable bonds is 2. The smallest absolute Gasteiger partial charge is 0.232 e. The van der Waals surface area contributed by atoms with E-state index in [2.05, 4.69) is 0 Å². The van der Waals surface area contributed by atoms with Gasteiger partial charge in [-0.2, -0.15) is 0 Å². The summed E-state index contributed by atoms with van der Waals surface area (Å²) in [6.45, 7) is 0. The van der Waals surface area contributed by atoms with Gasteiger partial charge in [-0.25, -0.2) is 0 Å². The van der Waals surface area contributed by atoms with Gasteiger partial charge in [-0.05, 0) is 42.0 Å². The van der Waals surface area contributed by atoms with Gasteiger partial charge in [-0.1, -0.05) is 6.07 Å². The molecule has 2 aromatic rings. The van der Waals surface area contributed by atoms with Gasteiger partial charge in [-0.15, -0.1) is 0 Å². The molecule has 1 aliphatic heterocycles. The van der Waals surface area contributed by atoms with Crippen LogP contribution in [0, 0.1) is 0 Å². The van der Waals surface area contributed by atoms with Gasteiger partial charge < -0.3 is 19.7 Å². The van der Waals surface area contributed by atoms with Crippen LogP contribution < -0.4 is 9.47 Å². The van der Waals surface area contributed by atoms with Crippen LogP contribution in [0.15, 0.2) is 42.2 Å². The molecule has 5 heteroatoms. The van der Waals surface area contributed by atoms with Crippen LogP contribution in [0.1, 0.15) is 15.9 Å². The summed E-state index contributed by atoms with van der Waals surface area (Å²) in [6.07, 6.45) is 1.53. The van der Waals surface area contributed by atoms with Crippen molar-refractivity contribution in [2.24, 2.45) is 0 Å². The van der Waals surface area contributed by atoms with Crippen LogP contribution in [0.3, 0.4) is 0 Å². The highest BCUT2D eigenvalue weighted by atomic mass is 16.5. The summed E-state index contributed by atoms with van der Waals surface area (Å²) >= 11 is 0. The normalized spacial score (nSPS) is 14.9. The number of aromatic hydroxyl groups is 2. The first-order valence-electron chi connectivity index (χ1n) is 6.23. The Kier molecular flexibility index (Phi) is 3.02. The monoisotopic (exact) mass is 284 g/mol. The molecule has 106 valence electrons. The predicted octanol–water partition coefficient (Wildman–Crippen LogP) is 2.72. The van der Waals surface area contributed by atoms with E-state index in [1.165, 1.54) is 37.5 Å². The molecule has 1 aliphatic rings. The molecule has 0 radical (unpaired) electrons. The largest absolute Gasteiger partial charge is 0.508 e. The summed E-state index contributed by atoms with van der Waals surface area (Å²) in [5, 5.41) is 19.1. The Morgan fingerprint density at radius 2 is 1.95 bits per heavy atom. The summed E-state index contributed by atoms with van der Waals surface area (Å²) in [5.74, 6) is 0.573. The topological polar surface area (TPSA) is 76.0 Å². The van der Waals surface area contributed by atoms with Gasteiger partial charge in [-0.3, -0.25) is 4.79 Å². The number of hydrogen-bond donors (Lipinski definition) is 2. The maximum atomic E-state index is 12.2. The second-order valence-electron chi connectivity index (χ2n) is 4.55. The summed E-state index contributed by atoms with van der Waals surface area (Å²) in [7, 11) is 1.46. The number of phenols is 2. The second kappa shape index (κ2) is 4.86. The highest BCUT2D eigenvalue weighted by Crippen LogP contribution is 2.35. The van der Waals surface area contributed by atoms with E-state index in [-0.39, 0.29) is 23.0 Å². The number of carbonyl (C=O) groups is 1. The zero-order valence-corrected chi connectivity index (χ0v) is 11.2. The van der Waals surface area contributed by atoms with Gasteiger partial charge in [0.1, 0.15) is 11.5 Å². The van der Waals surface area contributed by atoms with Crippen LogP contribution in [-0.2, 0) is 0 Å². The Labute approximate surface area is 120 Å². The number of benzene rings is 2. The first-order valence-corrected chi connectivity index (χ1v) is 6.23. The molecule has 0 aliphatic carbocycles. The molecule has 0 spiro atoms. The predicted molar refractivity (Wildman–Crippen MR) is 75.7 cm³/mol. The van der Waals surface area contributed by atoms with Crippen LogP contribution in [0.4, 0.5) is 0 Å². The number of methoxy groups -OCH3 is 1. The minimum Gasteiger partial charge on any atom is -0.508 e. The lowest BCUT2D eigenvalue weighted by atomic mass is 10.1. The fourth-order valence-electron chi connectivity index (χ4n) is 2.13. The number of ether oxygens (including phenoxy) is 2. The Balaban J connectivity index is 1.96. The molecule has 0 amide bonds. The SMILES string of the molecule is COc1ccc(/C=C2\Oc3ccc(O)cc3C2=O)cc1O. The van der Waals surface area contributed by atoms with Gasteiger partial charge in [0.25, 0.3) is 0 Å². The molecule has 0 atom stereocenters. The van der Waals surface area contributed by atoms with E-state index in [4.69, 9.17) is 9.47 Å². The first-order chi connectivity index (χ1) is 10.1. The molecule has 3 rings (SSSR count). The highest BCUT2D eigenvalue weighted by molar-refractivity contribution is 6.14. The Morgan fingerprint density at radius 1 is 1.14 bits per heavy atom. The zero-order chi connectivity index (χ0) is 15.0. The van der Waals surface area contributed by atoms with Gasteiger partial charge in [0.2, 0.25) is 5.78 Å². The van der Waals surface area contributed by atoms with Gasteiger partial charge >= 0.3 is 0 Å². The van der Waals surface area contributed by atoms with Crippen molar-refractivity contribution in [1.29, 1.82) is 0 Å². The number of carbonyl (C=O) groups excluding carboxylic acids is 1. The lowest BCUT2D eigenvalue weighted by Gasteiger charge is -2.04. The van der Waals surface area contributed by atoms with Crippen LogP contribution in [0.25, 0.3) is 6.08 Å². The maximum Gasteiger partial charge on any atom is 0.232 e. The van der Waals surface area contributed by atoms with E-state index in [1.807, 2.05) is 0 Å². The summed E-state index contributed by atoms with van der Waals surface area (Å²) < 4.78 is 10.4. The van der Waals surface area contributed by atoms with Crippen LogP contribution in [-0.4, -0.2) is 23.1 Å². The second-order valence-corrected chi connectivity index (χ2v) is 4.55. The Bertz CT molecular complexity index is 761. The van der Waals surface area contributed by atoms with Crippen molar-refractivity contribution in [3.8, 4) is 23.0 Å². The van der Waals surface area contributed by atoms with Crippen molar-refractivity contribution in [3.05, 3.63) is 53.3 Å². The van der Waals surface area contributed by atoms with Gasteiger partial charge in [0.05, 0.1) is 12.7 Å². The van der Waals surface area contributed by atoms with E-state index in [1.54, 1.807) is 12.1 Å². The van der Waals surface area contributed by atoms with E-state index in [0.717, 1.165) is 0 Å². The molecule has 0 aromatic heterocycles. The molecule has 2 aromatic carbocycles. The lowest BCUT2D eigenvalue weighted by molar-refractivity contribution is 0.101. The average Bonchev–Trinajstić information content (AvgIpc) is 2.76. The number of allylic oxidation sites excluding steroid dienone is 1. The third kappa shape index (κ3) is 2.29. The molecular formula is C16H12O5. The molecule has 5 nitrogen and oxygen atoms in total. The molecule has 1 heterocycles. The standard InChI is InChI=1S/C16H12O5/c1-20-14-4-2-9(6-12(14)18)7-15-16(19)11-8-10(17)3-5-13(11)21-15/h2-8,17-18H,1H3/b15-7-. The third-order valence-electron chi connectivity index (χ3n) is 3.15. The van der Waals surface area contributed by atoms with E-state index in [9.17, 15) is 15.0 Å². The van der Waals surface area contributed by atoms with Crippen LogP contribution in [0.2, 0.25) is 0 Å². The summed E-state index contributed by atoms with van der Waals surface area (Å²) in [5.41, 5.74) is 0.924. The number of Topliss-reactive ketones (excluding diaryl/α,β-unsaturated/α-hetero) is 1. The molecule has 2 N–H and O–H groups in total. The number of ketones is 1. The van der Waals surface area contributed by atoms with Crippen molar-refractivity contribution >= 4 is 11.9 Å². The molecule has 0 fully saturated rings. The zero-order valence-electron chi connectivity index (χ0n) is 11.2. The van der Waals surface area contributed by atoms with E-state index >= 15 is 0 Å². The Hall–Kier alpha value is -2.95. The third-order valence-corrected chi connectivity index (χ3v) is 3.15. The number of fused-ring (bicyclic) bond motifs is 1. The average molecular weight is 284 g/mol. The fourth-order valence-corrected chi connectivity index (χ4v) is 2.13. The van der Waals surface area contributed by atoms with Crippen LogP contribution >= 0.6 is 0 Å². The van der Waals surface area contributed by atoms with Crippen molar-refractivity contribution in [2.75, 3.05) is 7.11 Å². The molecule has 0 bridgehead atoms.